The fraction of sp³-hybridized carbons (Fsp3) is 0.231. The third-order valence-corrected chi connectivity index (χ3v) is 3.84. The molecule has 0 amide bonds. The molecule has 0 atom stereocenters. The lowest BCUT2D eigenvalue weighted by Gasteiger charge is -2.03. The van der Waals surface area contributed by atoms with E-state index < -0.39 is 0 Å². The van der Waals surface area contributed by atoms with E-state index in [4.69, 9.17) is 34.0 Å². The van der Waals surface area contributed by atoms with Crippen molar-refractivity contribution < 1.29 is 5.11 Å². The number of rotatable bonds is 3. The Morgan fingerprint density at radius 3 is 2.70 bits per heavy atom. The van der Waals surface area contributed by atoms with Crippen LogP contribution in [0, 0.1) is 0 Å². The molecule has 0 fully saturated rings. The maximum Gasteiger partial charge on any atom is 0.152 e. The lowest BCUT2D eigenvalue weighted by Crippen LogP contribution is -1.93. The summed E-state index contributed by atoms with van der Waals surface area (Å²) >= 11 is 12.1. The van der Waals surface area contributed by atoms with E-state index in [2.05, 4.69) is 15.0 Å². The van der Waals surface area contributed by atoms with Gasteiger partial charge in [-0.2, -0.15) is 0 Å². The number of aromatic nitrogens is 3. The zero-order chi connectivity index (χ0) is 14.3. The van der Waals surface area contributed by atoms with E-state index in [1.54, 1.807) is 12.1 Å². The molecule has 0 aliphatic heterocycles. The van der Waals surface area contributed by atoms with E-state index in [0.717, 1.165) is 16.7 Å². The van der Waals surface area contributed by atoms with E-state index in [1.165, 1.54) is 0 Å². The highest BCUT2D eigenvalue weighted by Crippen LogP contribution is 2.32. The molecule has 1 aromatic carbocycles. The average Bonchev–Trinajstić information content (AvgIpc) is 2.84. The zero-order valence-corrected chi connectivity index (χ0v) is 12.0. The van der Waals surface area contributed by atoms with Gasteiger partial charge in [0, 0.05) is 18.4 Å². The number of nitrogens with zero attached hydrogens (tertiary/aromatic N) is 2. The molecule has 3 aromatic rings. The predicted octanol–water partition coefficient (Wildman–Crippen LogP) is 2.93. The number of hydrogen-bond acceptors (Lipinski definition) is 4. The van der Waals surface area contributed by atoms with Crippen LogP contribution in [-0.4, -0.2) is 26.7 Å². The number of aliphatic hydroxyl groups excluding tert-OH is 1. The summed E-state index contributed by atoms with van der Waals surface area (Å²) in [5.74, 6) is 1.11. The summed E-state index contributed by atoms with van der Waals surface area (Å²) in [7, 11) is 0. The molecule has 0 saturated carbocycles. The Balaban J connectivity index is 2.28. The molecule has 0 spiro atoms. The van der Waals surface area contributed by atoms with Gasteiger partial charge in [-0.1, -0.05) is 23.2 Å². The van der Waals surface area contributed by atoms with Crippen LogP contribution in [0.25, 0.3) is 21.9 Å². The minimum Gasteiger partial charge on any atom is -0.396 e. The van der Waals surface area contributed by atoms with Crippen LogP contribution in [0.15, 0.2) is 12.1 Å². The van der Waals surface area contributed by atoms with Crippen molar-refractivity contribution in [3.63, 3.8) is 0 Å². The fourth-order valence-corrected chi connectivity index (χ4v) is 2.50. The van der Waals surface area contributed by atoms with Gasteiger partial charge in [-0.25, -0.2) is 9.97 Å². The van der Waals surface area contributed by atoms with Crippen molar-refractivity contribution in [1.29, 1.82) is 0 Å². The number of anilines is 1. The smallest absolute Gasteiger partial charge is 0.152 e. The molecule has 20 heavy (non-hydrogen) atoms. The second kappa shape index (κ2) is 5.09. The van der Waals surface area contributed by atoms with Gasteiger partial charge in [0.25, 0.3) is 0 Å². The number of nitrogen functional groups attached to an aromatic ring is 1. The van der Waals surface area contributed by atoms with E-state index in [1.807, 2.05) is 0 Å². The van der Waals surface area contributed by atoms with Crippen molar-refractivity contribution in [2.24, 2.45) is 0 Å². The maximum atomic E-state index is 8.88. The van der Waals surface area contributed by atoms with Crippen LogP contribution < -0.4 is 5.73 Å². The van der Waals surface area contributed by atoms with Crippen molar-refractivity contribution in [2.75, 3.05) is 12.3 Å². The van der Waals surface area contributed by atoms with Gasteiger partial charge in [-0.15, -0.1) is 0 Å². The minimum absolute atomic E-state index is 0.118. The van der Waals surface area contributed by atoms with Gasteiger partial charge in [0.05, 0.1) is 21.1 Å². The van der Waals surface area contributed by atoms with Crippen LogP contribution in [0.4, 0.5) is 5.82 Å². The highest BCUT2D eigenvalue weighted by Gasteiger charge is 2.13. The monoisotopic (exact) mass is 310 g/mol. The molecule has 0 aliphatic carbocycles. The van der Waals surface area contributed by atoms with Crippen molar-refractivity contribution >= 4 is 51.0 Å². The number of aromatic amines is 1. The molecule has 0 radical (unpaired) electrons. The second-order valence-electron chi connectivity index (χ2n) is 4.51. The van der Waals surface area contributed by atoms with Crippen LogP contribution >= 0.6 is 23.2 Å². The molecular formula is C13H12Cl2N4O. The van der Waals surface area contributed by atoms with Gasteiger partial charge in [-0.05, 0) is 18.6 Å². The molecule has 7 heteroatoms. The second-order valence-corrected chi connectivity index (χ2v) is 5.33. The lowest BCUT2D eigenvalue weighted by molar-refractivity contribution is 0.287. The number of nitrogens with two attached hydrogens (primary N) is 1. The Morgan fingerprint density at radius 1 is 1.20 bits per heavy atom. The minimum atomic E-state index is 0.118. The van der Waals surface area contributed by atoms with Gasteiger partial charge in [0.1, 0.15) is 11.3 Å². The van der Waals surface area contributed by atoms with E-state index in [9.17, 15) is 0 Å². The van der Waals surface area contributed by atoms with Crippen LogP contribution in [0.2, 0.25) is 10.0 Å². The van der Waals surface area contributed by atoms with Crippen molar-refractivity contribution in [3.8, 4) is 0 Å². The third-order valence-electron chi connectivity index (χ3n) is 3.12. The Hall–Kier alpha value is -1.56. The van der Waals surface area contributed by atoms with Crippen LogP contribution in [0.1, 0.15) is 12.2 Å². The standard InChI is InChI=1S/C13H12Cl2N4O/c14-7-4-6-9(5-8(7)15)17-13(16)12-11(6)18-10(19-12)2-1-3-20/h4-5,20H,1-3H2,(H2,16,17)(H,18,19). The summed E-state index contributed by atoms with van der Waals surface area (Å²) in [4.78, 5) is 11.9. The molecule has 0 unspecified atom stereocenters. The number of pyridine rings is 1. The van der Waals surface area contributed by atoms with Crippen LogP contribution in [0.5, 0.6) is 0 Å². The quantitative estimate of drug-likeness (QED) is 0.694. The molecule has 0 bridgehead atoms. The molecule has 4 N–H and O–H groups in total. The number of benzene rings is 1. The largest absolute Gasteiger partial charge is 0.396 e. The molecule has 2 aromatic heterocycles. The molecule has 104 valence electrons. The summed E-state index contributed by atoms with van der Waals surface area (Å²) in [6.07, 6.45) is 1.28. The van der Waals surface area contributed by atoms with Crippen molar-refractivity contribution in [3.05, 3.63) is 28.0 Å². The first-order chi connectivity index (χ1) is 9.60. The molecule has 5 nitrogen and oxygen atoms in total. The topological polar surface area (TPSA) is 87.8 Å². The van der Waals surface area contributed by atoms with Crippen molar-refractivity contribution in [2.45, 2.75) is 12.8 Å². The Kier molecular flexibility index (Phi) is 3.41. The average molecular weight is 311 g/mol. The molecular weight excluding hydrogens is 299 g/mol. The first-order valence-electron chi connectivity index (χ1n) is 6.14. The Labute approximate surface area is 124 Å². The van der Waals surface area contributed by atoms with Gasteiger partial charge < -0.3 is 15.8 Å². The number of nitrogens with one attached hydrogen (secondary N) is 1. The SMILES string of the molecule is Nc1nc2cc(Cl)c(Cl)cc2c2[nH]c(CCCO)nc12. The molecule has 0 saturated heterocycles. The fourth-order valence-electron chi connectivity index (χ4n) is 2.18. The highest BCUT2D eigenvalue weighted by atomic mass is 35.5. The van der Waals surface area contributed by atoms with Gasteiger partial charge in [-0.3, -0.25) is 0 Å². The number of imidazole rings is 1. The van der Waals surface area contributed by atoms with E-state index >= 15 is 0 Å². The summed E-state index contributed by atoms with van der Waals surface area (Å²) in [6.45, 7) is 0.118. The van der Waals surface area contributed by atoms with Gasteiger partial charge >= 0.3 is 0 Å². The highest BCUT2D eigenvalue weighted by molar-refractivity contribution is 6.43. The number of aliphatic hydroxyl groups is 1. The Bertz CT molecular complexity index is 800. The summed E-state index contributed by atoms with van der Waals surface area (Å²) in [6, 6.07) is 3.44. The summed E-state index contributed by atoms with van der Waals surface area (Å²) in [5, 5.41) is 10.6. The van der Waals surface area contributed by atoms with Gasteiger partial charge in [0.2, 0.25) is 0 Å². The predicted molar refractivity (Wildman–Crippen MR) is 81.2 cm³/mol. The number of aryl methyl sites for hydroxylation is 1. The molecule has 3 rings (SSSR count). The van der Waals surface area contributed by atoms with Crippen LogP contribution in [0.3, 0.4) is 0 Å². The third kappa shape index (κ3) is 2.18. The van der Waals surface area contributed by atoms with Gasteiger partial charge in [0.15, 0.2) is 5.82 Å². The summed E-state index contributed by atoms with van der Waals surface area (Å²) < 4.78 is 0. The molecule has 0 aliphatic rings. The zero-order valence-electron chi connectivity index (χ0n) is 10.5. The van der Waals surface area contributed by atoms with Crippen LogP contribution in [-0.2, 0) is 6.42 Å². The normalized spacial score (nSPS) is 11.6. The summed E-state index contributed by atoms with van der Waals surface area (Å²) in [5.41, 5.74) is 8.01. The maximum absolute atomic E-state index is 8.88. The number of hydrogen-bond donors (Lipinski definition) is 3. The lowest BCUT2D eigenvalue weighted by atomic mass is 10.2. The first-order valence-corrected chi connectivity index (χ1v) is 6.89. The number of fused-ring (bicyclic) bond motifs is 3. The first kappa shape index (κ1) is 13.4. The number of H-pyrrole nitrogens is 1. The van der Waals surface area contributed by atoms with E-state index in [0.29, 0.717) is 39.7 Å². The Morgan fingerprint density at radius 2 is 1.95 bits per heavy atom. The van der Waals surface area contributed by atoms with Crippen molar-refractivity contribution in [1.82, 2.24) is 15.0 Å². The number of halogens is 2. The molecule has 2 heterocycles. The van der Waals surface area contributed by atoms with E-state index in [-0.39, 0.29) is 6.61 Å².